The van der Waals surface area contributed by atoms with E-state index in [1.807, 2.05) is 13.8 Å². The van der Waals surface area contributed by atoms with E-state index < -0.39 is 10.0 Å². The fraction of sp³-hybridized carbons (Fsp3) is 0.692. The van der Waals surface area contributed by atoms with E-state index in [1.54, 1.807) is 6.07 Å². The van der Waals surface area contributed by atoms with E-state index in [9.17, 15) is 8.42 Å². The third-order valence-corrected chi connectivity index (χ3v) is 7.52. The first-order valence-corrected chi connectivity index (χ1v) is 10.1. The molecule has 0 atom stereocenters. The van der Waals surface area contributed by atoms with E-state index in [4.69, 9.17) is 0 Å². The van der Waals surface area contributed by atoms with E-state index in [2.05, 4.69) is 21.2 Å². The van der Waals surface area contributed by atoms with Gasteiger partial charge in [-0.3, -0.25) is 0 Å². The van der Waals surface area contributed by atoms with Crippen LogP contribution in [0.25, 0.3) is 0 Å². The summed E-state index contributed by atoms with van der Waals surface area (Å²) < 4.78 is 27.5. The Morgan fingerprint density at radius 3 is 2.70 bits per heavy atom. The molecule has 1 aromatic heterocycles. The quantitative estimate of drug-likeness (QED) is 0.753. The van der Waals surface area contributed by atoms with Crippen LogP contribution in [0, 0.1) is 0 Å². The molecule has 0 saturated heterocycles. The Morgan fingerprint density at radius 2 is 2.15 bits per heavy atom. The van der Waals surface area contributed by atoms with Crippen molar-refractivity contribution in [2.75, 3.05) is 13.1 Å². The summed E-state index contributed by atoms with van der Waals surface area (Å²) in [6, 6.07) is 2.43. The Labute approximate surface area is 133 Å². The molecule has 7 heteroatoms. The highest BCUT2D eigenvalue weighted by Crippen LogP contribution is 2.34. The summed E-state index contributed by atoms with van der Waals surface area (Å²) in [6.07, 6.45) is 3.29. The van der Waals surface area contributed by atoms with Gasteiger partial charge in [-0.2, -0.15) is 4.31 Å². The molecular formula is C13H21BrN2O2S2. The molecule has 0 bridgehead atoms. The molecule has 1 aliphatic rings. The summed E-state index contributed by atoms with van der Waals surface area (Å²) in [5, 5.41) is 3.41. The van der Waals surface area contributed by atoms with Crippen LogP contribution in [0.5, 0.6) is 0 Å². The maximum absolute atomic E-state index is 12.6. The van der Waals surface area contributed by atoms with Crippen molar-refractivity contribution in [2.24, 2.45) is 0 Å². The van der Waals surface area contributed by atoms with Gasteiger partial charge in [-0.05, 0) is 41.3 Å². The fourth-order valence-corrected chi connectivity index (χ4v) is 6.15. The van der Waals surface area contributed by atoms with Crippen LogP contribution >= 0.6 is 27.3 Å². The molecule has 0 radical (unpaired) electrons. The van der Waals surface area contributed by atoms with Crippen molar-refractivity contribution in [3.8, 4) is 0 Å². The molecule has 0 aliphatic heterocycles. The number of nitrogens with zero attached hydrogens (tertiary/aromatic N) is 1. The first-order valence-electron chi connectivity index (χ1n) is 7.00. The Kier molecular flexibility index (Phi) is 5.64. The molecule has 20 heavy (non-hydrogen) atoms. The lowest BCUT2D eigenvalue weighted by atomic mass is 10.4. The van der Waals surface area contributed by atoms with Crippen molar-refractivity contribution < 1.29 is 8.42 Å². The number of halogens is 1. The Morgan fingerprint density at radius 1 is 1.45 bits per heavy atom. The summed E-state index contributed by atoms with van der Waals surface area (Å²) in [5.41, 5.74) is 0. The Bertz CT molecular complexity index is 553. The molecule has 1 aliphatic carbocycles. The van der Waals surface area contributed by atoms with E-state index in [0.29, 0.717) is 27.8 Å². The van der Waals surface area contributed by atoms with Crippen molar-refractivity contribution in [1.29, 1.82) is 0 Å². The molecule has 1 fully saturated rings. The number of sulfonamides is 1. The predicted octanol–water partition coefficient (Wildman–Crippen LogP) is 3.18. The standard InChI is InChI=1S/C13H21BrN2O2S2/c1-3-7-16(4-2)20(17,18)12-8-11(19-13(12)14)9-15-10-5-6-10/h8,10,15H,3-7,9H2,1-2H3. The molecular weight excluding hydrogens is 360 g/mol. The van der Waals surface area contributed by atoms with E-state index in [0.717, 1.165) is 17.8 Å². The minimum atomic E-state index is -3.38. The molecule has 2 rings (SSSR count). The van der Waals surface area contributed by atoms with Crippen molar-refractivity contribution in [2.45, 2.75) is 50.6 Å². The van der Waals surface area contributed by atoms with E-state index >= 15 is 0 Å². The SMILES string of the molecule is CCCN(CC)S(=O)(=O)c1cc(CNC2CC2)sc1Br. The Balaban J connectivity index is 2.16. The second kappa shape index (κ2) is 6.87. The van der Waals surface area contributed by atoms with Crippen molar-refractivity contribution >= 4 is 37.3 Å². The third-order valence-electron chi connectivity index (χ3n) is 3.29. The highest BCUT2D eigenvalue weighted by molar-refractivity contribution is 9.11. The summed E-state index contributed by atoms with van der Waals surface area (Å²) in [5.74, 6) is 0. The largest absolute Gasteiger partial charge is 0.309 e. The van der Waals surface area contributed by atoms with Crippen LogP contribution in [0.3, 0.4) is 0 Å². The van der Waals surface area contributed by atoms with Gasteiger partial charge in [0.15, 0.2) is 0 Å². The smallest absolute Gasteiger partial charge is 0.245 e. The number of rotatable bonds is 8. The van der Waals surface area contributed by atoms with Gasteiger partial charge >= 0.3 is 0 Å². The molecule has 1 N–H and O–H groups in total. The lowest BCUT2D eigenvalue weighted by Gasteiger charge is -2.19. The van der Waals surface area contributed by atoms with Crippen LogP contribution in [0.4, 0.5) is 0 Å². The lowest BCUT2D eigenvalue weighted by molar-refractivity contribution is 0.427. The average molecular weight is 381 g/mol. The molecule has 4 nitrogen and oxygen atoms in total. The molecule has 1 heterocycles. The highest BCUT2D eigenvalue weighted by atomic mass is 79.9. The first kappa shape index (κ1) is 16.4. The Hall–Kier alpha value is 0.0500. The summed E-state index contributed by atoms with van der Waals surface area (Å²) in [6.45, 7) is 5.70. The summed E-state index contributed by atoms with van der Waals surface area (Å²) in [7, 11) is -3.38. The minimum Gasteiger partial charge on any atom is -0.309 e. The molecule has 0 aromatic carbocycles. The van der Waals surface area contributed by atoms with Gasteiger partial charge in [0.05, 0.1) is 3.79 Å². The van der Waals surface area contributed by atoms with Gasteiger partial charge in [-0.25, -0.2) is 8.42 Å². The lowest BCUT2D eigenvalue weighted by Crippen LogP contribution is -2.31. The van der Waals surface area contributed by atoms with Gasteiger partial charge in [-0.1, -0.05) is 13.8 Å². The van der Waals surface area contributed by atoms with Crippen LogP contribution in [0.2, 0.25) is 0 Å². The molecule has 0 amide bonds. The average Bonchev–Trinajstić information content (AvgIpc) is 3.15. The fourth-order valence-electron chi connectivity index (χ4n) is 2.03. The van der Waals surface area contributed by atoms with E-state index in [-0.39, 0.29) is 0 Å². The molecule has 0 unspecified atom stereocenters. The zero-order valence-electron chi connectivity index (χ0n) is 11.9. The topological polar surface area (TPSA) is 49.4 Å². The van der Waals surface area contributed by atoms with Crippen LogP contribution in [0.1, 0.15) is 38.0 Å². The van der Waals surface area contributed by atoms with Crippen molar-refractivity contribution in [3.05, 3.63) is 14.7 Å². The molecule has 1 aromatic rings. The maximum Gasteiger partial charge on any atom is 0.245 e. The van der Waals surface area contributed by atoms with Crippen molar-refractivity contribution in [1.82, 2.24) is 9.62 Å². The summed E-state index contributed by atoms with van der Waals surface area (Å²) >= 11 is 4.91. The van der Waals surface area contributed by atoms with Crippen LogP contribution in [-0.4, -0.2) is 31.9 Å². The molecule has 0 spiro atoms. The monoisotopic (exact) mass is 380 g/mol. The van der Waals surface area contributed by atoms with Gasteiger partial charge in [0.1, 0.15) is 4.90 Å². The van der Waals surface area contributed by atoms with Gasteiger partial charge in [0, 0.05) is 30.6 Å². The van der Waals surface area contributed by atoms with Gasteiger partial charge < -0.3 is 5.32 Å². The maximum atomic E-state index is 12.6. The predicted molar refractivity (Wildman–Crippen MR) is 86.6 cm³/mol. The normalized spacial score (nSPS) is 16.0. The van der Waals surface area contributed by atoms with Gasteiger partial charge in [-0.15, -0.1) is 11.3 Å². The molecule has 1 saturated carbocycles. The van der Waals surface area contributed by atoms with Crippen LogP contribution in [-0.2, 0) is 16.6 Å². The number of hydrogen-bond acceptors (Lipinski definition) is 4. The van der Waals surface area contributed by atoms with Gasteiger partial charge in [0.25, 0.3) is 0 Å². The van der Waals surface area contributed by atoms with Crippen molar-refractivity contribution in [3.63, 3.8) is 0 Å². The first-order chi connectivity index (χ1) is 9.48. The van der Waals surface area contributed by atoms with Crippen LogP contribution in [0.15, 0.2) is 14.7 Å². The zero-order valence-corrected chi connectivity index (χ0v) is 15.1. The zero-order chi connectivity index (χ0) is 14.8. The minimum absolute atomic E-state index is 0.408. The molecule has 114 valence electrons. The van der Waals surface area contributed by atoms with Gasteiger partial charge in [0.2, 0.25) is 10.0 Å². The number of thiophene rings is 1. The second-order valence-electron chi connectivity index (χ2n) is 5.00. The highest BCUT2D eigenvalue weighted by Gasteiger charge is 2.27. The van der Waals surface area contributed by atoms with Crippen LogP contribution < -0.4 is 5.32 Å². The summed E-state index contributed by atoms with van der Waals surface area (Å²) in [4.78, 5) is 1.47. The van der Waals surface area contributed by atoms with E-state index in [1.165, 1.54) is 28.5 Å². The third kappa shape index (κ3) is 3.82. The second-order valence-corrected chi connectivity index (χ2v) is 9.36. The number of nitrogens with one attached hydrogen (secondary N) is 1. The number of hydrogen-bond donors (Lipinski definition) is 1.